The molecule has 0 aliphatic heterocycles. The summed E-state index contributed by atoms with van der Waals surface area (Å²) in [7, 11) is 0. The van der Waals surface area contributed by atoms with Crippen molar-refractivity contribution in [3.05, 3.63) is 95.1 Å². The van der Waals surface area contributed by atoms with Crippen molar-refractivity contribution in [2.75, 3.05) is 23.8 Å². The molecule has 0 bridgehead atoms. The van der Waals surface area contributed by atoms with Crippen molar-refractivity contribution in [2.45, 2.75) is 39.5 Å². The molecule has 0 atom stereocenters. The van der Waals surface area contributed by atoms with Gasteiger partial charge in [-0.2, -0.15) is 0 Å². The zero-order chi connectivity index (χ0) is 27.3. The van der Waals surface area contributed by atoms with Crippen molar-refractivity contribution in [1.29, 1.82) is 0 Å². The van der Waals surface area contributed by atoms with Gasteiger partial charge in [0.2, 0.25) is 0 Å². The normalized spacial score (nSPS) is 10.4. The van der Waals surface area contributed by atoms with E-state index in [1.54, 1.807) is 66.7 Å². The maximum absolute atomic E-state index is 12.8. The van der Waals surface area contributed by atoms with Crippen molar-refractivity contribution in [3.63, 3.8) is 0 Å². The average Bonchev–Trinajstić information content (AvgIpc) is 2.94. The van der Waals surface area contributed by atoms with Crippen LogP contribution in [0.5, 0.6) is 0 Å². The van der Waals surface area contributed by atoms with Crippen molar-refractivity contribution in [2.24, 2.45) is 0 Å². The summed E-state index contributed by atoms with van der Waals surface area (Å²) in [6.45, 7) is 4.78. The van der Waals surface area contributed by atoms with E-state index in [9.17, 15) is 19.2 Å². The third-order valence-electron chi connectivity index (χ3n) is 5.61. The molecule has 0 radical (unpaired) electrons. The van der Waals surface area contributed by atoms with Crippen LogP contribution in [0.4, 0.5) is 11.4 Å². The lowest BCUT2D eigenvalue weighted by Crippen LogP contribution is -2.16. The fraction of sp³-hybridized carbons (Fsp3) is 0.267. The molecule has 0 aliphatic rings. The van der Waals surface area contributed by atoms with Crippen LogP contribution in [0.1, 0.15) is 81.0 Å². The molecule has 8 heteroatoms. The number of unbranched alkanes of at least 4 members (excludes halogenated alkanes) is 2. The van der Waals surface area contributed by atoms with Gasteiger partial charge in [-0.3, -0.25) is 9.59 Å². The lowest BCUT2D eigenvalue weighted by Gasteiger charge is -2.09. The molecule has 0 fully saturated rings. The largest absolute Gasteiger partial charge is 0.462 e. The van der Waals surface area contributed by atoms with Gasteiger partial charge in [0.05, 0.1) is 24.3 Å². The van der Waals surface area contributed by atoms with Crippen LogP contribution in [0.3, 0.4) is 0 Å². The van der Waals surface area contributed by atoms with E-state index in [4.69, 9.17) is 9.47 Å². The van der Waals surface area contributed by atoms with Crippen LogP contribution >= 0.6 is 0 Å². The van der Waals surface area contributed by atoms with E-state index in [0.717, 1.165) is 25.7 Å². The Bertz CT molecular complexity index is 1160. The minimum atomic E-state index is -0.406. The van der Waals surface area contributed by atoms with Gasteiger partial charge in [0.15, 0.2) is 0 Å². The van der Waals surface area contributed by atoms with Gasteiger partial charge in [0.1, 0.15) is 0 Å². The summed E-state index contributed by atoms with van der Waals surface area (Å²) in [6.07, 6.45) is 3.48. The molecule has 3 rings (SSSR count). The molecule has 0 unspecified atom stereocenters. The number of benzene rings is 3. The SMILES string of the molecule is CCCCOC(=O)c1ccc(NC(=O)c2cccc(C(=O)Nc3ccc(C(=O)OCCCC)cc3)c2)cc1. The number of rotatable bonds is 12. The predicted molar refractivity (Wildman–Crippen MR) is 146 cm³/mol. The maximum Gasteiger partial charge on any atom is 0.338 e. The second-order valence-corrected chi connectivity index (χ2v) is 8.62. The maximum atomic E-state index is 12.8. The summed E-state index contributed by atoms with van der Waals surface area (Å²) in [4.78, 5) is 49.6. The number of esters is 2. The number of hydrogen-bond acceptors (Lipinski definition) is 6. The van der Waals surface area contributed by atoms with Crippen LogP contribution in [0.2, 0.25) is 0 Å². The first-order valence-corrected chi connectivity index (χ1v) is 12.7. The lowest BCUT2D eigenvalue weighted by molar-refractivity contribution is 0.0490. The van der Waals surface area contributed by atoms with Gasteiger partial charge in [-0.15, -0.1) is 0 Å². The first kappa shape index (κ1) is 28.1. The summed E-state index contributed by atoms with van der Waals surface area (Å²) in [5.74, 6) is -1.61. The van der Waals surface area contributed by atoms with Gasteiger partial charge in [-0.05, 0) is 79.6 Å². The highest BCUT2D eigenvalue weighted by atomic mass is 16.5. The minimum Gasteiger partial charge on any atom is -0.462 e. The van der Waals surface area contributed by atoms with Crippen molar-refractivity contribution < 1.29 is 28.7 Å². The van der Waals surface area contributed by atoms with Gasteiger partial charge in [0, 0.05) is 22.5 Å². The number of hydrogen-bond donors (Lipinski definition) is 2. The molecule has 3 aromatic carbocycles. The van der Waals surface area contributed by atoms with E-state index in [0.29, 0.717) is 46.8 Å². The van der Waals surface area contributed by atoms with Crippen molar-refractivity contribution in [1.82, 2.24) is 0 Å². The highest BCUT2D eigenvalue weighted by Gasteiger charge is 2.13. The molecule has 0 spiro atoms. The highest BCUT2D eigenvalue weighted by molar-refractivity contribution is 6.09. The Labute approximate surface area is 222 Å². The summed E-state index contributed by atoms with van der Waals surface area (Å²) in [5.41, 5.74) is 2.40. The summed E-state index contributed by atoms with van der Waals surface area (Å²) in [6, 6.07) is 19.1. The van der Waals surface area contributed by atoms with Gasteiger partial charge in [-0.1, -0.05) is 32.8 Å². The van der Waals surface area contributed by atoms with Crippen LogP contribution in [0, 0.1) is 0 Å². The third-order valence-corrected chi connectivity index (χ3v) is 5.61. The van der Waals surface area contributed by atoms with E-state index < -0.39 is 23.8 Å². The van der Waals surface area contributed by atoms with Crippen LogP contribution in [0.15, 0.2) is 72.8 Å². The minimum absolute atomic E-state index is 0.297. The number of ether oxygens (including phenoxy) is 2. The summed E-state index contributed by atoms with van der Waals surface area (Å²) in [5, 5.41) is 5.52. The molecular formula is C30H32N2O6. The zero-order valence-corrected chi connectivity index (χ0v) is 21.6. The van der Waals surface area contributed by atoms with E-state index >= 15 is 0 Å². The van der Waals surface area contributed by atoms with Gasteiger partial charge < -0.3 is 20.1 Å². The molecule has 0 aliphatic carbocycles. The molecule has 38 heavy (non-hydrogen) atoms. The fourth-order valence-corrected chi connectivity index (χ4v) is 3.37. The Morgan fingerprint density at radius 1 is 0.579 bits per heavy atom. The molecule has 0 saturated carbocycles. The standard InChI is InChI=1S/C30H32N2O6/c1-3-5-18-37-29(35)21-10-14-25(15-11-21)31-27(33)23-8-7-9-24(20-23)28(34)32-26-16-12-22(13-17-26)30(36)38-19-6-4-2/h7-17,20H,3-6,18-19H2,1-2H3,(H,31,33)(H,32,34). The first-order chi connectivity index (χ1) is 18.4. The molecule has 8 nitrogen and oxygen atoms in total. The second kappa shape index (κ2) is 14.3. The van der Waals surface area contributed by atoms with Crippen LogP contribution < -0.4 is 10.6 Å². The summed E-state index contributed by atoms with van der Waals surface area (Å²) < 4.78 is 10.4. The molecule has 198 valence electrons. The monoisotopic (exact) mass is 516 g/mol. The molecule has 2 amide bonds. The topological polar surface area (TPSA) is 111 Å². The van der Waals surface area contributed by atoms with Crippen LogP contribution in [0.25, 0.3) is 0 Å². The molecule has 3 aromatic rings. The van der Waals surface area contributed by atoms with Crippen LogP contribution in [-0.4, -0.2) is 37.0 Å². The van der Waals surface area contributed by atoms with E-state index in [1.165, 1.54) is 6.07 Å². The fourth-order valence-electron chi connectivity index (χ4n) is 3.37. The molecule has 0 aromatic heterocycles. The van der Waals surface area contributed by atoms with E-state index in [2.05, 4.69) is 10.6 Å². The Kier molecular flexibility index (Phi) is 10.6. The van der Waals surface area contributed by atoms with Gasteiger partial charge in [-0.25, -0.2) is 9.59 Å². The number of anilines is 2. The molecule has 0 heterocycles. The predicted octanol–water partition coefficient (Wildman–Crippen LogP) is 6.11. The Hall–Kier alpha value is -4.46. The van der Waals surface area contributed by atoms with Gasteiger partial charge in [0.25, 0.3) is 11.8 Å². The van der Waals surface area contributed by atoms with Crippen molar-refractivity contribution >= 4 is 35.1 Å². The molecule has 2 N–H and O–H groups in total. The lowest BCUT2D eigenvalue weighted by atomic mass is 10.1. The second-order valence-electron chi connectivity index (χ2n) is 8.62. The quantitative estimate of drug-likeness (QED) is 0.222. The number of amides is 2. The van der Waals surface area contributed by atoms with Gasteiger partial charge >= 0.3 is 11.9 Å². The Morgan fingerprint density at radius 3 is 1.34 bits per heavy atom. The summed E-state index contributed by atoms with van der Waals surface area (Å²) >= 11 is 0. The number of nitrogens with one attached hydrogen (secondary N) is 2. The van der Waals surface area contributed by atoms with E-state index in [1.807, 2.05) is 13.8 Å². The smallest absolute Gasteiger partial charge is 0.338 e. The number of carbonyl (C=O) groups excluding carboxylic acids is 4. The van der Waals surface area contributed by atoms with E-state index in [-0.39, 0.29) is 0 Å². The highest BCUT2D eigenvalue weighted by Crippen LogP contribution is 2.16. The molecule has 0 saturated heterocycles. The first-order valence-electron chi connectivity index (χ1n) is 12.7. The Balaban J connectivity index is 1.57. The molecular weight excluding hydrogens is 484 g/mol. The van der Waals surface area contributed by atoms with Crippen molar-refractivity contribution in [3.8, 4) is 0 Å². The number of carbonyl (C=O) groups is 4. The average molecular weight is 517 g/mol. The zero-order valence-electron chi connectivity index (χ0n) is 21.6. The van der Waals surface area contributed by atoms with Crippen LogP contribution in [-0.2, 0) is 9.47 Å². The third kappa shape index (κ3) is 8.30. The Morgan fingerprint density at radius 2 is 0.974 bits per heavy atom.